The van der Waals surface area contributed by atoms with Gasteiger partial charge in [0.05, 0.1) is 11.1 Å². The summed E-state index contributed by atoms with van der Waals surface area (Å²) in [6, 6.07) is 13.7. The predicted molar refractivity (Wildman–Crippen MR) is 101 cm³/mol. The van der Waals surface area contributed by atoms with Crippen molar-refractivity contribution in [2.75, 3.05) is 23.8 Å². The average Bonchev–Trinajstić information content (AvgIpc) is 2.86. The van der Waals surface area contributed by atoms with Crippen LogP contribution in [-0.2, 0) is 0 Å². The van der Waals surface area contributed by atoms with Gasteiger partial charge >= 0.3 is 6.03 Å². The van der Waals surface area contributed by atoms with Crippen LogP contribution in [0.2, 0.25) is 0 Å². The topological polar surface area (TPSA) is 69.7 Å². The SMILES string of the molecule is CC(C)CN1C(=O)c2ccc(NC(=O)N(C)c3ccccc3)cc2C1=O. The van der Waals surface area contributed by atoms with Gasteiger partial charge in [0.1, 0.15) is 0 Å². The Hall–Kier alpha value is -3.15. The number of rotatable bonds is 4. The van der Waals surface area contributed by atoms with Gasteiger partial charge in [-0.2, -0.15) is 0 Å². The fourth-order valence-corrected chi connectivity index (χ4v) is 2.88. The number of imide groups is 1. The van der Waals surface area contributed by atoms with Crippen molar-refractivity contribution in [2.24, 2.45) is 5.92 Å². The Bertz CT molecular complexity index is 862. The van der Waals surface area contributed by atoms with E-state index in [-0.39, 0.29) is 23.8 Å². The molecule has 6 heteroatoms. The molecular weight excluding hydrogens is 330 g/mol. The van der Waals surface area contributed by atoms with Gasteiger partial charge in [0.15, 0.2) is 0 Å². The number of benzene rings is 2. The molecule has 1 heterocycles. The summed E-state index contributed by atoms with van der Waals surface area (Å²) in [5, 5.41) is 2.77. The minimum absolute atomic E-state index is 0.191. The number of carbonyl (C=O) groups excluding carboxylic acids is 3. The highest BCUT2D eigenvalue weighted by atomic mass is 16.2. The molecule has 0 aromatic heterocycles. The molecular formula is C20H21N3O3. The summed E-state index contributed by atoms with van der Waals surface area (Å²) >= 11 is 0. The van der Waals surface area contributed by atoms with Crippen molar-refractivity contribution in [1.82, 2.24) is 4.90 Å². The van der Waals surface area contributed by atoms with Crippen molar-refractivity contribution < 1.29 is 14.4 Å². The first-order valence-electron chi connectivity index (χ1n) is 8.48. The van der Waals surface area contributed by atoms with Crippen LogP contribution in [0.25, 0.3) is 0 Å². The molecule has 134 valence electrons. The van der Waals surface area contributed by atoms with Crippen LogP contribution in [0.15, 0.2) is 48.5 Å². The van der Waals surface area contributed by atoms with Gasteiger partial charge in [0.25, 0.3) is 11.8 Å². The number of para-hydroxylation sites is 1. The first kappa shape index (κ1) is 17.7. The van der Waals surface area contributed by atoms with Crippen molar-refractivity contribution in [2.45, 2.75) is 13.8 Å². The third-order valence-electron chi connectivity index (χ3n) is 4.22. The van der Waals surface area contributed by atoms with E-state index in [1.165, 1.54) is 9.80 Å². The smallest absolute Gasteiger partial charge is 0.308 e. The normalized spacial score (nSPS) is 13.2. The molecule has 1 N–H and O–H groups in total. The molecule has 0 bridgehead atoms. The zero-order valence-corrected chi connectivity index (χ0v) is 15.0. The van der Waals surface area contributed by atoms with Crippen LogP contribution >= 0.6 is 0 Å². The van der Waals surface area contributed by atoms with Crippen molar-refractivity contribution in [3.05, 3.63) is 59.7 Å². The van der Waals surface area contributed by atoms with E-state index in [4.69, 9.17) is 0 Å². The van der Waals surface area contributed by atoms with E-state index in [0.717, 1.165) is 5.69 Å². The van der Waals surface area contributed by atoms with E-state index >= 15 is 0 Å². The summed E-state index contributed by atoms with van der Waals surface area (Å²) in [6.07, 6.45) is 0. The Morgan fingerprint density at radius 2 is 1.69 bits per heavy atom. The second-order valence-corrected chi connectivity index (χ2v) is 6.70. The van der Waals surface area contributed by atoms with Gasteiger partial charge in [-0.1, -0.05) is 32.0 Å². The minimum Gasteiger partial charge on any atom is -0.308 e. The molecule has 0 aliphatic carbocycles. The second kappa shape index (κ2) is 7.00. The molecule has 1 aliphatic heterocycles. The van der Waals surface area contributed by atoms with Crippen LogP contribution < -0.4 is 10.2 Å². The standard InChI is InChI=1S/C20H21N3O3/c1-13(2)12-23-18(24)16-10-9-14(11-17(16)19(23)25)21-20(26)22(3)15-7-5-4-6-8-15/h4-11,13H,12H2,1-3H3,(H,21,26). The first-order valence-corrected chi connectivity index (χ1v) is 8.48. The second-order valence-electron chi connectivity index (χ2n) is 6.70. The van der Waals surface area contributed by atoms with Crippen molar-refractivity contribution >= 4 is 29.2 Å². The highest BCUT2D eigenvalue weighted by Gasteiger charge is 2.35. The number of anilines is 2. The van der Waals surface area contributed by atoms with Crippen molar-refractivity contribution in [3.8, 4) is 0 Å². The van der Waals surface area contributed by atoms with Crippen LogP contribution in [0.4, 0.5) is 16.2 Å². The summed E-state index contributed by atoms with van der Waals surface area (Å²) < 4.78 is 0. The number of amides is 4. The summed E-state index contributed by atoms with van der Waals surface area (Å²) in [5.74, 6) is -0.403. The molecule has 0 spiro atoms. The maximum atomic E-state index is 12.5. The molecule has 3 rings (SSSR count). The number of hydrogen-bond acceptors (Lipinski definition) is 3. The van der Waals surface area contributed by atoms with E-state index in [1.807, 2.05) is 44.2 Å². The largest absolute Gasteiger partial charge is 0.326 e. The van der Waals surface area contributed by atoms with Crippen LogP contribution in [0, 0.1) is 5.92 Å². The minimum atomic E-state index is -0.327. The molecule has 0 saturated heterocycles. The van der Waals surface area contributed by atoms with Crippen LogP contribution in [0.1, 0.15) is 34.6 Å². The number of fused-ring (bicyclic) bond motifs is 1. The molecule has 6 nitrogen and oxygen atoms in total. The molecule has 2 aromatic carbocycles. The van der Waals surface area contributed by atoms with Crippen molar-refractivity contribution in [3.63, 3.8) is 0 Å². The van der Waals surface area contributed by atoms with Crippen LogP contribution in [0.5, 0.6) is 0 Å². The molecule has 0 saturated carbocycles. The zero-order valence-electron chi connectivity index (χ0n) is 15.0. The Labute approximate surface area is 152 Å². The molecule has 26 heavy (non-hydrogen) atoms. The summed E-state index contributed by atoms with van der Waals surface area (Å²) in [4.78, 5) is 40.1. The van der Waals surface area contributed by atoms with Gasteiger partial charge < -0.3 is 5.32 Å². The van der Waals surface area contributed by atoms with Crippen molar-refractivity contribution in [1.29, 1.82) is 0 Å². The lowest BCUT2D eigenvalue weighted by Gasteiger charge is -2.18. The van der Waals surface area contributed by atoms with E-state index in [0.29, 0.717) is 23.4 Å². The number of carbonyl (C=O) groups is 3. The average molecular weight is 351 g/mol. The quantitative estimate of drug-likeness (QED) is 0.856. The van der Waals surface area contributed by atoms with E-state index in [2.05, 4.69) is 5.32 Å². The van der Waals surface area contributed by atoms with Crippen LogP contribution in [-0.4, -0.2) is 36.3 Å². The summed E-state index contributed by atoms with van der Waals surface area (Å²) in [5.41, 5.74) is 1.94. The lowest BCUT2D eigenvalue weighted by atomic mass is 10.1. The Balaban J connectivity index is 1.79. The van der Waals surface area contributed by atoms with Gasteiger partial charge in [0, 0.05) is 25.0 Å². The van der Waals surface area contributed by atoms with E-state index in [1.54, 1.807) is 25.2 Å². The van der Waals surface area contributed by atoms with E-state index < -0.39 is 0 Å². The highest BCUT2D eigenvalue weighted by Crippen LogP contribution is 2.27. The maximum Gasteiger partial charge on any atom is 0.326 e. The van der Waals surface area contributed by atoms with Gasteiger partial charge in [-0.05, 0) is 36.2 Å². The lowest BCUT2D eigenvalue weighted by Crippen LogP contribution is -2.33. The molecule has 0 fully saturated rings. The Kier molecular flexibility index (Phi) is 4.75. The fraction of sp³-hybridized carbons (Fsp3) is 0.250. The summed E-state index contributed by atoms with van der Waals surface area (Å²) in [7, 11) is 1.66. The molecule has 2 aromatic rings. The molecule has 4 amide bonds. The third kappa shape index (κ3) is 3.31. The fourth-order valence-electron chi connectivity index (χ4n) is 2.88. The molecule has 0 atom stereocenters. The van der Waals surface area contributed by atoms with Crippen LogP contribution in [0.3, 0.4) is 0 Å². The number of urea groups is 1. The molecule has 0 unspecified atom stereocenters. The highest BCUT2D eigenvalue weighted by molar-refractivity contribution is 6.22. The van der Waals surface area contributed by atoms with Gasteiger partial charge in [-0.3, -0.25) is 19.4 Å². The third-order valence-corrected chi connectivity index (χ3v) is 4.22. The first-order chi connectivity index (χ1) is 12.4. The molecule has 0 radical (unpaired) electrons. The zero-order chi connectivity index (χ0) is 18.8. The lowest BCUT2D eigenvalue weighted by molar-refractivity contribution is 0.0636. The number of hydrogen-bond donors (Lipinski definition) is 1. The molecule has 1 aliphatic rings. The number of nitrogens with one attached hydrogen (secondary N) is 1. The predicted octanol–water partition coefficient (Wildman–Crippen LogP) is 3.61. The van der Waals surface area contributed by atoms with Gasteiger partial charge in [0.2, 0.25) is 0 Å². The van der Waals surface area contributed by atoms with Gasteiger partial charge in [-0.15, -0.1) is 0 Å². The maximum absolute atomic E-state index is 12.5. The number of nitrogens with zero attached hydrogens (tertiary/aromatic N) is 2. The van der Waals surface area contributed by atoms with E-state index in [9.17, 15) is 14.4 Å². The summed E-state index contributed by atoms with van der Waals surface area (Å²) in [6.45, 7) is 4.29. The monoisotopic (exact) mass is 351 g/mol. The Morgan fingerprint density at radius 1 is 1.04 bits per heavy atom. The Morgan fingerprint density at radius 3 is 2.35 bits per heavy atom. The van der Waals surface area contributed by atoms with Gasteiger partial charge in [-0.25, -0.2) is 4.79 Å².